The molecule has 0 amide bonds. The first-order valence-electron chi connectivity index (χ1n) is 5.02. The fourth-order valence-corrected chi connectivity index (χ4v) is 5.75. The Bertz CT molecular complexity index is 201. The summed E-state index contributed by atoms with van der Waals surface area (Å²) in [4.78, 5) is 0.409. The summed E-state index contributed by atoms with van der Waals surface area (Å²) in [6, 6.07) is 0. The van der Waals surface area contributed by atoms with Crippen LogP contribution in [0.25, 0.3) is 0 Å². The average molecular weight is 217 g/mol. The summed E-state index contributed by atoms with van der Waals surface area (Å²) in [5.41, 5.74) is 0.521. The molecule has 3 heteroatoms. The van der Waals surface area contributed by atoms with Crippen molar-refractivity contribution >= 4 is 23.5 Å². The molecule has 0 saturated carbocycles. The molecule has 2 saturated heterocycles. The van der Waals surface area contributed by atoms with Crippen LogP contribution >= 0.6 is 23.5 Å². The molecule has 0 aromatic carbocycles. The van der Waals surface area contributed by atoms with Crippen molar-refractivity contribution in [3.63, 3.8) is 0 Å². The van der Waals surface area contributed by atoms with Crippen molar-refractivity contribution in [2.75, 3.05) is 18.1 Å². The fraction of sp³-hybridized carbons (Fsp3) is 1.00. The van der Waals surface area contributed by atoms with Gasteiger partial charge < -0.3 is 5.32 Å². The maximum absolute atomic E-state index is 3.72. The Hall–Kier alpha value is 0.660. The van der Waals surface area contributed by atoms with Gasteiger partial charge in [0.05, 0.1) is 4.87 Å². The lowest BCUT2D eigenvalue weighted by Gasteiger charge is -2.41. The molecule has 2 heterocycles. The quantitative estimate of drug-likeness (QED) is 0.670. The van der Waals surface area contributed by atoms with E-state index in [9.17, 15) is 0 Å². The van der Waals surface area contributed by atoms with Crippen LogP contribution in [-0.4, -0.2) is 28.2 Å². The van der Waals surface area contributed by atoms with Crippen molar-refractivity contribution in [1.29, 1.82) is 0 Å². The Kier molecular flexibility index (Phi) is 2.63. The second-order valence-electron chi connectivity index (χ2n) is 5.14. The molecule has 1 N–H and O–H groups in total. The van der Waals surface area contributed by atoms with Crippen LogP contribution in [0.5, 0.6) is 0 Å². The Morgan fingerprint density at radius 2 is 2.08 bits per heavy atom. The molecule has 13 heavy (non-hydrogen) atoms. The first-order valence-corrected chi connectivity index (χ1v) is 7.05. The molecule has 76 valence electrons. The molecule has 2 aliphatic rings. The summed E-state index contributed by atoms with van der Waals surface area (Å²) in [6.07, 6.45) is 1.34. The van der Waals surface area contributed by atoms with E-state index in [1.807, 2.05) is 0 Å². The lowest BCUT2D eigenvalue weighted by molar-refractivity contribution is 0.306. The first kappa shape index (κ1) is 10.2. The molecule has 2 unspecified atom stereocenters. The van der Waals surface area contributed by atoms with E-state index in [-0.39, 0.29) is 0 Å². The zero-order valence-electron chi connectivity index (χ0n) is 8.72. The van der Waals surface area contributed by atoms with E-state index in [4.69, 9.17) is 0 Å². The molecule has 2 aliphatic heterocycles. The Morgan fingerprint density at radius 3 is 2.62 bits per heavy atom. The summed E-state index contributed by atoms with van der Waals surface area (Å²) >= 11 is 4.28. The van der Waals surface area contributed by atoms with E-state index < -0.39 is 0 Å². The lowest BCUT2D eigenvalue weighted by atomic mass is 9.87. The Labute approximate surface area is 89.8 Å². The third kappa shape index (κ3) is 2.18. The van der Waals surface area contributed by atoms with E-state index >= 15 is 0 Å². The largest absolute Gasteiger partial charge is 0.301 e. The van der Waals surface area contributed by atoms with Crippen molar-refractivity contribution in [3.8, 4) is 0 Å². The summed E-state index contributed by atoms with van der Waals surface area (Å²) < 4.78 is 0. The van der Waals surface area contributed by atoms with E-state index in [0.29, 0.717) is 10.3 Å². The van der Waals surface area contributed by atoms with Gasteiger partial charge in [0.25, 0.3) is 0 Å². The molecule has 2 rings (SSSR count). The summed E-state index contributed by atoms with van der Waals surface area (Å²) in [7, 11) is 0. The van der Waals surface area contributed by atoms with E-state index in [1.165, 1.54) is 24.5 Å². The predicted octanol–water partition coefficient (Wildman–Crippen LogP) is 2.57. The average Bonchev–Trinajstić information content (AvgIpc) is 2.29. The highest BCUT2D eigenvalue weighted by atomic mass is 32.2. The second-order valence-corrected chi connectivity index (χ2v) is 7.94. The van der Waals surface area contributed by atoms with Gasteiger partial charge in [-0.1, -0.05) is 20.8 Å². The van der Waals surface area contributed by atoms with Crippen molar-refractivity contribution in [3.05, 3.63) is 0 Å². The van der Waals surface area contributed by atoms with E-state index in [1.54, 1.807) is 0 Å². The van der Waals surface area contributed by atoms with Crippen LogP contribution < -0.4 is 5.32 Å². The van der Waals surface area contributed by atoms with Gasteiger partial charge in [0.2, 0.25) is 0 Å². The minimum absolute atomic E-state index is 0.409. The van der Waals surface area contributed by atoms with Crippen LogP contribution in [0.2, 0.25) is 0 Å². The summed E-state index contributed by atoms with van der Waals surface area (Å²) in [6.45, 7) is 8.32. The molecule has 0 radical (unpaired) electrons. The molecule has 2 fully saturated rings. The monoisotopic (exact) mass is 217 g/mol. The normalized spacial score (nSPS) is 44.1. The second kappa shape index (κ2) is 3.35. The van der Waals surface area contributed by atoms with E-state index in [2.05, 4.69) is 49.6 Å². The van der Waals surface area contributed by atoms with Crippen molar-refractivity contribution in [2.24, 2.45) is 5.41 Å². The number of hydrogen-bond acceptors (Lipinski definition) is 3. The summed E-state index contributed by atoms with van der Waals surface area (Å²) in [5, 5.41) is 4.52. The Morgan fingerprint density at radius 1 is 1.31 bits per heavy atom. The predicted molar refractivity (Wildman–Crippen MR) is 63.5 cm³/mol. The molecule has 0 aliphatic carbocycles. The van der Waals surface area contributed by atoms with Gasteiger partial charge in [-0.15, -0.1) is 11.8 Å². The number of rotatable bonds is 0. The third-order valence-corrected chi connectivity index (χ3v) is 6.05. The van der Waals surface area contributed by atoms with Crippen molar-refractivity contribution < 1.29 is 0 Å². The van der Waals surface area contributed by atoms with Crippen LogP contribution in [0.3, 0.4) is 0 Å². The van der Waals surface area contributed by atoms with Crippen LogP contribution in [0, 0.1) is 5.41 Å². The van der Waals surface area contributed by atoms with Crippen LogP contribution in [0.15, 0.2) is 0 Å². The fourth-order valence-electron chi connectivity index (χ4n) is 2.35. The maximum atomic E-state index is 3.72. The highest BCUT2D eigenvalue weighted by Gasteiger charge is 2.44. The smallest absolute Gasteiger partial charge is 0.0745 e. The molecule has 0 aromatic rings. The highest BCUT2D eigenvalue weighted by Crippen LogP contribution is 2.48. The van der Waals surface area contributed by atoms with Crippen molar-refractivity contribution in [2.45, 2.75) is 37.3 Å². The van der Waals surface area contributed by atoms with Gasteiger partial charge in [-0.05, 0) is 17.6 Å². The van der Waals surface area contributed by atoms with Crippen LogP contribution in [0.1, 0.15) is 27.2 Å². The lowest BCUT2D eigenvalue weighted by Crippen LogP contribution is -2.47. The number of thioether (sulfide) groups is 2. The zero-order chi connectivity index (χ0) is 9.53. The van der Waals surface area contributed by atoms with Crippen LogP contribution in [-0.2, 0) is 0 Å². The van der Waals surface area contributed by atoms with Crippen molar-refractivity contribution in [1.82, 2.24) is 5.32 Å². The first-order chi connectivity index (χ1) is 6.02. The van der Waals surface area contributed by atoms with Crippen LogP contribution in [0.4, 0.5) is 0 Å². The highest BCUT2D eigenvalue weighted by molar-refractivity contribution is 8.04. The van der Waals surface area contributed by atoms with Gasteiger partial charge in [0.15, 0.2) is 0 Å². The van der Waals surface area contributed by atoms with E-state index in [0.717, 1.165) is 5.25 Å². The number of hydrogen-bond donors (Lipinski definition) is 1. The molecule has 0 bridgehead atoms. The molecule has 1 spiro atoms. The van der Waals surface area contributed by atoms with Gasteiger partial charge in [-0.2, -0.15) is 11.8 Å². The standard InChI is InChI=1S/C10H19NS2/c1-8-4-11-10(13-8)5-9(2,3)6-12-7-10/h8,11H,4-7H2,1-3H3. The minimum Gasteiger partial charge on any atom is -0.301 e. The topological polar surface area (TPSA) is 12.0 Å². The van der Waals surface area contributed by atoms with Gasteiger partial charge in [-0.3, -0.25) is 0 Å². The molecular weight excluding hydrogens is 198 g/mol. The summed E-state index contributed by atoms with van der Waals surface area (Å²) in [5.74, 6) is 2.62. The van der Waals surface area contributed by atoms with Gasteiger partial charge >= 0.3 is 0 Å². The molecule has 0 aromatic heterocycles. The van der Waals surface area contributed by atoms with Gasteiger partial charge in [-0.25, -0.2) is 0 Å². The molecule has 1 nitrogen and oxygen atoms in total. The SMILES string of the molecule is CC1CNC2(CSCC(C)(C)C2)S1. The zero-order valence-corrected chi connectivity index (χ0v) is 10.4. The Balaban J connectivity index is 2.07. The molecular formula is C10H19NS2. The molecule has 2 atom stereocenters. The minimum atomic E-state index is 0.409. The third-order valence-electron chi connectivity index (χ3n) is 2.73. The van der Waals surface area contributed by atoms with Gasteiger partial charge in [0, 0.05) is 17.5 Å². The number of nitrogens with one attached hydrogen (secondary N) is 1. The maximum Gasteiger partial charge on any atom is 0.0745 e. The van der Waals surface area contributed by atoms with Gasteiger partial charge in [0.1, 0.15) is 0 Å².